The van der Waals surface area contributed by atoms with Gasteiger partial charge in [-0.1, -0.05) is 0 Å². The van der Waals surface area contributed by atoms with Gasteiger partial charge in [0.2, 0.25) is 0 Å². The van der Waals surface area contributed by atoms with E-state index in [-0.39, 0.29) is 5.91 Å². The van der Waals surface area contributed by atoms with E-state index in [2.05, 4.69) is 10.3 Å². The second-order valence-electron chi connectivity index (χ2n) is 5.35. The molecular weight excluding hydrogens is 298 g/mol. The Balaban J connectivity index is 1.66. The maximum Gasteiger partial charge on any atom is 0.261 e. The number of aromatic nitrogens is 2. The highest BCUT2D eigenvalue weighted by Crippen LogP contribution is 2.27. The van der Waals surface area contributed by atoms with Crippen molar-refractivity contribution in [3.05, 3.63) is 41.5 Å². The Hall–Kier alpha value is -2.34. The van der Waals surface area contributed by atoms with Crippen molar-refractivity contribution in [1.82, 2.24) is 14.9 Å². The highest BCUT2D eigenvalue weighted by Gasteiger charge is 2.24. The lowest BCUT2D eigenvalue weighted by Crippen LogP contribution is -2.24. The van der Waals surface area contributed by atoms with E-state index >= 15 is 0 Å². The van der Waals surface area contributed by atoms with Crippen LogP contribution in [0.15, 0.2) is 36.7 Å². The Morgan fingerprint density at radius 1 is 1.36 bits per heavy atom. The number of methoxy groups -OCH3 is 1. The molecule has 1 aromatic carbocycles. The molecule has 0 radical (unpaired) electrons. The SMILES string of the molecule is COc1ccc2c(c1)ncn2-c1ccc(C(=O)NC2CC2)s1. The second kappa shape index (κ2) is 5.14. The number of imidazole rings is 1. The Labute approximate surface area is 131 Å². The monoisotopic (exact) mass is 313 g/mol. The van der Waals surface area contributed by atoms with E-state index < -0.39 is 0 Å². The molecule has 1 N–H and O–H groups in total. The second-order valence-corrected chi connectivity index (χ2v) is 6.42. The predicted molar refractivity (Wildman–Crippen MR) is 86.0 cm³/mol. The summed E-state index contributed by atoms with van der Waals surface area (Å²) in [6.07, 6.45) is 3.97. The third-order valence-corrected chi connectivity index (χ3v) is 4.80. The van der Waals surface area contributed by atoms with Crippen LogP contribution in [0, 0.1) is 0 Å². The van der Waals surface area contributed by atoms with Crippen LogP contribution in [0.25, 0.3) is 16.0 Å². The number of nitrogens with one attached hydrogen (secondary N) is 1. The predicted octanol–water partition coefficient (Wildman–Crippen LogP) is 2.99. The number of hydrogen-bond donors (Lipinski definition) is 1. The summed E-state index contributed by atoms with van der Waals surface area (Å²) in [4.78, 5) is 17.2. The molecule has 6 heteroatoms. The summed E-state index contributed by atoms with van der Waals surface area (Å²) in [5.74, 6) is 0.804. The summed E-state index contributed by atoms with van der Waals surface area (Å²) in [6, 6.07) is 9.99. The lowest BCUT2D eigenvalue weighted by molar-refractivity contribution is 0.0955. The molecule has 22 heavy (non-hydrogen) atoms. The van der Waals surface area contributed by atoms with Crippen molar-refractivity contribution in [3.8, 4) is 10.8 Å². The van der Waals surface area contributed by atoms with Crippen molar-refractivity contribution in [2.75, 3.05) is 7.11 Å². The molecule has 5 nitrogen and oxygen atoms in total. The van der Waals surface area contributed by atoms with Crippen LogP contribution in [0.2, 0.25) is 0 Å². The maximum atomic E-state index is 12.1. The minimum Gasteiger partial charge on any atom is -0.497 e. The molecular formula is C16H15N3O2S. The topological polar surface area (TPSA) is 56.2 Å². The molecule has 2 aromatic heterocycles. The van der Waals surface area contributed by atoms with Crippen molar-refractivity contribution < 1.29 is 9.53 Å². The van der Waals surface area contributed by atoms with Gasteiger partial charge >= 0.3 is 0 Å². The zero-order valence-electron chi connectivity index (χ0n) is 12.1. The van der Waals surface area contributed by atoms with E-state index in [1.54, 1.807) is 13.4 Å². The fourth-order valence-corrected chi connectivity index (χ4v) is 3.25. The molecule has 3 aromatic rings. The average molecular weight is 313 g/mol. The van der Waals surface area contributed by atoms with Crippen LogP contribution in [0.5, 0.6) is 5.75 Å². The van der Waals surface area contributed by atoms with Crippen LogP contribution < -0.4 is 10.1 Å². The van der Waals surface area contributed by atoms with E-state index in [1.165, 1.54) is 11.3 Å². The van der Waals surface area contributed by atoms with Gasteiger partial charge in [-0.2, -0.15) is 0 Å². The van der Waals surface area contributed by atoms with Crippen molar-refractivity contribution in [1.29, 1.82) is 0 Å². The molecule has 112 valence electrons. The minimum absolute atomic E-state index is 0.0184. The number of thiophene rings is 1. The van der Waals surface area contributed by atoms with Crippen LogP contribution in [0.1, 0.15) is 22.5 Å². The molecule has 1 amide bonds. The third kappa shape index (κ3) is 2.35. The molecule has 1 saturated carbocycles. The smallest absolute Gasteiger partial charge is 0.261 e. The Morgan fingerprint density at radius 3 is 3.00 bits per heavy atom. The lowest BCUT2D eigenvalue weighted by Gasteiger charge is -2.02. The van der Waals surface area contributed by atoms with Gasteiger partial charge in [0.05, 0.1) is 23.0 Å². The van der Waals surface area contributed by atoms with Gasteiger partial charge in [-0.25, -0.2) is 4.98 Å². The van der Waals surface area contributed by atoms with Crippen LogP contribution in [0.4, 0.5) is 0 Å². The number of rotatable bonds is 4. The molecule has 0 unspecified atom stereocenters. The molecule has 1 aliphatic carbocycles. The summed E-state index contributed by atoms with van der Waals surface area (Å²) < 4.78 is 7.21. The number of carbonyl (C=O) groups is 1. The van der Waals surface area contributed by atoms with E-state index in [9.17, 15) is 4.79 Å². The molecule has 0 bridgehead atoms. The number of benzene rings is 1. The third-order valence-electron chi connectivity index (χ3n) is 3.72. The van der Waals surface area contributed by atoms with E-state index in [0.717, 1.165) is 39.5 Å². The number of ether oxygens (including phenoxy) is 1. The molecule has 1 fully saturated rings. The normalized spacial score (nSPS) is 14.2. The van der Waals surface area contributed by atoms with Crippen LogP contribution in [-0.2, 0) is 0 Å². The van der Waals surface area contributed by atoms with Crippen LogP contribution in [-0.4, -0.2) is 28.6 Å². The van der Waals surface area contributed by atoms with Crippen molar-refractivity contribution >= 4 is 28.3 Å². The van der Waals surface area contributed by atoms with E-state index in [1.807, 2.05) is 34.9 Å². The zero-order valence-corrected chi connectivity index (χ0v) is 12.9. The first-order valence-corrected chi connectivity index (χ1v) is 7.98. The average Bonchev–Trinajstić information content (AvgIpc) is 3.05. The summed E-state index contributed by atoms with van der Waals surface area (Å²) >= 11 is 1.47. The fraction of sp³-hybridized carbons (Fsp3) is 0.250. The van der Waals surface area contributed by atoms with Crippen molar-refractivity contribution in [2.24, 2.45) is 0 Å². The van der Waals surface area contributed by atoms with Gasteiger partial charge < -0.3 is 10.1 Å². The van der Waals surface area contributed by atoms with Crippen molar-refractivity contribution in [3.63, 3.8) is 0 Å². The van der Waals surface area contributed by atoms with Gasteiger partial charge in [0.15, 0.2) is 0 Å². The van der Waals surface area contributed by atoms with E-state index in [4.69, 9.17) is 4.74 Å². The van der Waals surface area contributed by atoms with Crippen LogP contribution in [0.3, 0.4) is 0 Å². The summed E-state index contributed by atoms with van der Waals surface area (Å²) in [6.45, 7) is 0. The molecule has 0 atom stereocenters. The molecule has 0 saturated heterocycles. The van der Waals surface area contributed by atoms with Gasteiger partial charge in [0, 0.05) is 12.1 Å². The van der Waals surface area contributed by atoms with Crippen LogP contribution >= 0.6 is 11.3 Å². The van der Waals surface area contributed by atoms with Gasteiger partial charge in [-0.3, -0.25) is 9.36 Å². The molecule has 0 spiro atoms. The molecule has 2 heterocycles. The highest BCUT2D eigenvalue weighted by molar-refractivity contribution is 7.16. The van der Waals surface area contributed by atoms with Gasteiger partial charge in [0.25, 0.3) is 5.91 Å². The molecule has 0 aliphatic heterocycles. The Kier molecular flexibility index (Phi) is 3.11. The Bertz CT molecular complexity index is 848. The summed E-state index contributed by atoms with van der Waals surface area (Å²) in [5.41, 5.74) is 1.87. The fourth-order valence-electron chi connectivity index (χ4n) is 2.36. The van der Waals surface area contributed by atoms with Crippen molar-refractivity contribution in [2.45, 2.75) is 18.9 Å². The van der Waals surface area contributed by atoms with Gasteiger partial charge in [-0.15, -0.1) is 11.3 Å². The number of hydrogen-bond acceptors (Lipinski definition) is 4. The van der Waals surface area contributed by atoms with Gasteiger partial charge in [-0.05, 0) is 37.1 Å². The highest BCUT2D eigenvalue weighted by atomic mass is 32.1. The zero-order chi connectivity index (χ0) is 15.1. The Morgan fingerprint density at radius 2 is 2.23 bits per heavy atom. The maximum absolute atomic E-state index is 12.1. The first-order chi connectivity index (χ1) is 10.7. The lowest BCUT2D eigenvalue weighted by atomic mass is 10.3. The largest absolute Gasteiger partial charge is 0.497 e. The first kappa shape index (κ1) is 13.3. The number of nitrogens with zero attached hydrogens (tertiary/aromatic N) is 2. The van der Waals surface area contributed by atoms with E-state index in [0.29, 0.717) is 6.04 Å². The number of fused-ring (bicyclic) bond motifs is 1. The molecule has 1 aliphatic rings. The first-order valence-electron chi connectivity index (χ1n) is 7.17. The summed E-state index contributed by atoms with van der Waals surface area (Å²) in [7, 11) is 1.64. The molecule has 4 rings (SSSR count). The minimum atomic E-state index is 0.0184. The number of amides is 1. The quantitative estimate of drug-likeness (QED) is 0.805. The summed E-state index contributed by atoms with van der Waals surface area (Å²) in [5, 5.41) is 3.99. The standard InChI is InChI=1S/C16H15N3O2S/c1-21-11-4-5-13-12(8-11)17-9-19(13)15-7-6-14(22-15)16(20)18-10-2-3-10/h4-10H,2-3H2,1H3,(H,18,20). The van der Waals surface area contributed by atoms with Gasteiger partial charge in [0.1, 0.15) is 17.1 Å². The number of carbonyl (C=O) groups excluding carboxylic acids is 1.